The number of Topliss-reactive ketones (excluding diaryl/α,β-unsaturated/α-hetero) is 1. The SMILES string of the molecule is COc1ccc(C(=O)C(C)C(N)c2ccccc2)c(F)c1. The molecule has 0 aliphatic carbocycles. The molecule has 0 saturated carbocycles. The van der Waals surface area contributed by atoms with E-state index in [9.17, 15) is 9.18 Å². The summed E-state index contributed by atoms with van der Waals surface area (Å²) < 4.78 is 18.9. The molecule has 21 heavy (non-hydrogen) atoms. The van der Waals surface area contributed by atoms with Gasteiger partial charge in [-0.2, -0.15) is 0 Å². The summed E-state index contributed by atoms with van der Waals surface area (Å²) in [4.78, 5) is 12.4. The molecule has 0 fully saturated rings. The number of benzene rings is 2. The number of rotatable bonds is 5. The van der Waals surface area contributed by atoms with Gasteiger partial charge in [0.1, 0.15) is 11.6 Å². The first kappa shape index (κ1) is 15.2. The Kier molecular flexibility index (Phi) is 4.70. The molecule has 0 heterocycles. The molecule has 4 heteroatoms. The lowest BCUT2D eigenvalue weighted by Crippen LogP contribution is -2.26. The predicted molar refractivity (Wildman–Crippen MR) is 79.8 cm³/mol. The van der Waals surface area contributed by atoms with E-state index in [-0.39, 0.29) is 11.3 Å². The number of methoxy groups -OCH3 is 1. The summed E-state index contributed by atoms with van der Waals surface area (Å²) in [6.07, 6.45) is 0. The summed E-state index contributed by atoms with van der Waals surface area (Å²) in [6.45, 7) is 1.71. The molecule has 0 aliphatic heterocycles. The molecule has 2 aromatic rings. The third-order valence-corrected chi connectivity index (χ3v) is 3.58. The largest absolute Gasteiger partial charge is 0.497 e. The van der Waals surface area contributed by atoms with Crippen molar-refractivity contribution in [3.05, 3.63) is 65.5 Å². The Morgan fingerprint density at radius 3 is 2.43 bits per heavy atom. The first-order valence-electron chi connectivity index (χ1n) is 6.73. The van der Waals surface area contributed by atoms with Gasteiger partial charge in [0.05, 0.1) is 12.7 Å². The van der Waals surface area contributed by atoms with Crippen molar-refractivity contribution in [2.24, 2.45) is 11.7 Å². The van der Waals surface area contributed by atoms with Gasteiger partial charge in [-0.05, 0) is 17.7 Å². The van der Waals surface area contributed by atoms with Crippen LogP contribution in [0.15, 0.2) is 48.5 Å². The van der Waals surface area contributed by atoms with E-state index in [0.29, 0.717) is 5.75 Å². The molecule has 0 amide bonds. The monoisotopic (exact) mass is 287 g/mol. The van der Waals surface area contributed by atoms with E-state index in [4.69, 9.17) is 10.5 Å². The summed E-state index contributed by atoms with van der Waals surface area (Å²) >= 11 is 0. The lowest BCUT2D eigenvalue weighted by Gasteiger charge is -2.19. The first-order valence-corrected chi connectivity index (χ1v) is 6.73. The van der Waals surface area contributed by atoms with Crippen molar-refractivity contribution in [2.75, 3.05) is 7.11 Å². The zero-order chi connectivity index (χ0) is 15.4. The van der Waals surface area contributed by atoms with Gasteiger partial charge in [0.25, 0.3) is 0 Å². The third kappa shape index (κ3) is 3.28. The molecule has 0 radical (unpaired) electrons. The number of ether oxygens (including phenoxy) is 1. The molecular formula is C17H18FNO2. The van der Waals surface area contributed by atoms with Crippen LogP contribution in [0, 0.1) is 11.7 Å². The zero-order valence-corrected chi connectivity index (χ0v) is 12.0. The van der Waals surface area contributed by atoms with Crippen molar-refractivity contribution in [1.29, 1.82) is 0 Å². The van der Waals surface area contributed by atoms with Gasteiger partial charge in [0, 0.05) is 18.0 Å². The van der Waals surface area contributed by atoms with Crippen LogP contribution in [0.25, 0.3) is 0 Å². The van der Waals surface area contributed by atoms with Crippen molar-refractivity contribution >= 4 is 5.78 Å². The van der Waals surface area contributed by atoms with Crippen LogP contribution in [-0.4, -0.2) is 12.9 Å². The van der Waals surface area contributed by atoms with Crippen molar-refractivity contribution in [3.8, 4) is 5.75 Å². The van der Waals surface area contributed by atoms with Gasteiger partial charge in [0.2, 0.25) is 0 Å². The molecule has 110 valence electrons. The van der Waals surface area contributed by atoms with Gasteiger partial charge in [-0.25, -0.2) is 4.39 Å². The summed E-state index contributed by atoms with van der Waals surface area (Å²) in [5.41, 5.74) is 7.01. The highest BCUT2D eigenvalue weighted by Gasteiger charge is 2.25. The molecule has 0 aromatic heterocycles. The van der Waals surface area contributed by atoms with Gasteiger partial charge in [-0.15, -0.1) is 0 Å². The molecule has 0 spiro atoms. The molecule has 3 nitrogen and oxygen atoms in total. The third-order valence-electron chi connectivity index (χ3n) is 3.58. The lowest BCUT2D eigenvalue weighted by molar-refractivity contribution is 0.0908. The van der Waals surface area contributed by atoms with Crippen LogP contribution < -0.4 is 10.5 Å². The Bertz CT molecular complexity index is 628. The fourth-order valence-electron chi connectivity index (χ4n) is 2.19. The Hall–Kier alpha value is -2.20. The van der Waals surface area contributed by atoms with Crippen LogP contribution in [0.2, 0.25) is 0 Å². The summed E-state index contributed by atoms with van der Waals surface area (Å²) in [6, 6.07) is 13.1. The van der Waals surface area contributed by atoms with Crippen molar-refractivity contribution in [1.82, 2.24) is 0 Å². The number of ketones is 1. The predicted octanol–water partition coefficient (Wildman–Crippen LogP) is 3.35. The zero-order valence-electron chi connectivity index (χ0n) is 12.0. The molecule has 2 aromatic carbocycles. The summed E-state index contributed by atoms with van der Waals surface area (Å²) in [7, 11) is 1.45. The second-order valence-corrected chi connectivity index (χ2v) is 4.94. The number of carbonyl (C=O) groups excluding carboxylic acids is 1. The molecule has 0 saturated heterocycles. The summed E-state index contributed by atoms with van der Waals surface area (Å²) in [5.74, 6) is -1.04. The number of halogens is 1. The maximum atomic E-state index is 14.0. The molecular weight excluding hydrogens is 269 g/mol. The standard InChI is InChI=1S/C17H18FNO2/c1-11(16(19)12-6-4-3-5-7-12)17(20)14-9-8-13(21-2)10-15(14)18/h3-11,16H,19H2,1-2H3. The smallest absolute Gasteiger partial charge is 0.170 e. The Morgan fingerprint density at radius 1 is 1.19 bits per heavy atom. The van der Waals surface area contributed by atoms with Crippen LogP contribution >= 0.6 is 0 Å². The Balaban J connectivity index is 2.23. The summed E-state index contributed by atoms with van der Waals surface area (Å²) in [5, 5.41) is 0. The second kappa shape index (κ2) is 6.50. The van der Waals surface area contributed by atoms with Gasteiger partial charge in [0.15, 0.2) is 5.78 Å². The fraction of sp³-hybridized carbons (Fsp3) is 0.235. The number of hydrogen-bond acceptors (Lipinski definition) is 3. The minimum Gasteiger partial charge on any atom is -0.497 e. The van der Waals surface area contributed by atoms with E-state index < -0.39 is 17.8 Å². The quantitative estimate of drug-likeness (QED) is 0.858. The van der Waals surface area contributed by atoms with E-state index in [1.165, 1.54) is 19.2 Å². The van der Waals surface area contributed by atoms with Crippen LogP contribution in [0.3, 0.4) is 0 Å². The molecule has 2 atom stereocenters. The van der Waals surface area contributed by atoms with E-state index in [1.54, 1.807) is 13.0 Å². The highest BCUT2D eigenvalue weighted by Crippen LogP contribution is 2.25. The van der Waals surface area contributed by atoms with Crippen LogP contribution in [0.1, 0.15) is 28.9 Å². The number of carbonyl (C=O) groups is 1. The molecule has 2 unspecified atom stereocenters. The van der Waals surface area contributed by atoms with Gasteiger partial charge in [-0.3, -0.25) is 4.79 Å². The minimum absolute atomic E-state index is 0.0367. The first-order chi connectivity index (χ1) is 10.0. The average molecular weight is 287 g/mol. The van der Waals surface area contributed by atoms with Crippen LogP contribution in [0.4, 0.5) is 4.39 Å². The van der Waals surface area contributed by atoms with Crippen molar-refractivity contribution in [3.63, 3.8) is 0 Å². The second-order valence-electron chi connectivity index (χ2n) is 4.94. The topological polar surface area (TPSA) is 52.3 Å². The lowest BCUT2D eigenvalue weighted by atomic mass is 9.88. The molecule has 0 aliphatic rings. The maximum Gasteiger partial charge on any atom is 0.170 e. The molecule has 0 bridgehead atoms. The van der Waals surface area contributed by atoms with Crippen molar-refractivity contribution in [2.45, 2.75) is 13.0 Å². The van der Waals surface area contributed by atoms with Gasteiger partial charge in [-0.1, -0.05) is 37.3 Å². The maximum absolute atomic E-state index is 14.0. The normalized spacial score (nSPS) is 13.5. The van der Waals surface area contributed by atoms with Crippen LogP contribution in [0.5, 0.6) is 5.75 Å². The highest BCUT2D eigenvalue weighted by molar-refractivity contribution is 5.98. The highest BCUT2D eigenvalue weighted by atomic mass is 19.1. The number of nitrogens with two attached hydrogens (primary N) is 1. The number of hydrogen-bond donors (Lipinski definition) is 1. The average Bonchev–Trinajstić information content (AvgIpc) is 2.53. The van der Waals surface area contributed by atoms with Gasteiger partial charge < -0.3 is 10.5 Å². The van der Waals surface area contributed by atoms with E-state index in [0.717, 1.165) is 5.56 Å². The van der Waals surface area contributed by atoms with Crippen molar-refractivity contribution < 1.29 is 13.9 Å². The molecule has 2 rings (SSSR count). The van der Waals surface area contributed by atoms with E-state index in [1.807, 2.05) is 30.3 Å². The van der Waals surface area contributed by atoms with E-state index >= 15 is 0 Å². The minimum atomic E-state index is -0.591. The van der Waals surface area contributed by atoms with Crippen LogP contribution in [-0.2, 0) is 0 Å². The van der Waals surface area contributed by atoms with E-state index in [2.05, 4.69) is 0 Å². The van der Waals surface area contributed by atoms with Gasteiger partial charge >= 0.3 is 0 Å². The Morgan fingerprint density at radius 2 is 1.86 bits per heavy atom. The Labute approximate surface area is 123 Å². The fourth-order valence-corrected chi connectivity index (χ4v) is 2.19. The molecule has 2 N–H and O–H groups in total.